The molecular weight excluding hydrogens is 386 g/mol. The van der Waals surface area contributed by atoms with E-state index in [0.717, 1.165) is 23.1 Å². The number of nitrogens with one attached hydrogen (secondary N) is 2. The smallest absolute Gasteiger partial charge is 0.257 e. The standard InChI is InChI=1S/C18H16ClN5O2S/c1-27(25,26)23-17-21-18-20-15(12-7-9-14(19)10-8-12)11-16(24(18)22-17)13-5-3-2-4-6-13/h2-11,16H,1H3,(H2,20,21,22,23)/t16-/m1/s1. The molecule has 0 saturated heterocycles. The number of nitrogens with zero attached hydrogens (tertiary/aromatic N) is 3. The van der Waals surface area contributed by atoms with Crippen molar-refractivity contribution >= 4 is 39.2 Å². The maximum Gasteiger partial charge on any atom is 0.257 e. The van der Waals surface area contributed by atoms with Crippen LogP contribution in [0.2, 0.25) is 5.02 Å². The van der Waals surface area contributed by atoms with Crippen LogP contribution in [0.15, 0.2) is 60.7 Å². The van der Waals surface area contributed by atoms with Crippen molar-refractivity contribution in [1.82, 2.24) is 14.8 Å². The number of benzene rings is 2. The summed E-state index contributed by atoms with van der Waals surface area (Å²) in [6.07, 6.45) is 3.08. The van der Waals surface area contributed by atoms with E-state index in [4.69, 9.17) is 11.6 Å². The summed E-state index contributed by atoms with van der Waals surface area (Å²) in [4.78, 5) is 4.29. The monoisotopic (exact) mass is 401 g/mol. The van der Waals surface area contributed by atoms with Gasteiger partial charge in [0.05, 0.1) is 6.26 Å². The van der Waals surface area contributed by atoms with Crippen LogP contribution in [0.1, 0.15) is 17.2 Å². The first-order valence-corrected chi connectivity index (χ1v) is 10.4. The zero-order valence-corrected chi connectivity index (χ0v) is 15.9. The number of hydrogen-bond acceptors (Lipinski definition) is 5. The molecule has 1 atom stereocenters. The third-order valence-corrected chi connectivity index (χ3v) is 4.84. The van der Waals surface area contributed by atoms with Gasteiger partial charge in [-0.2, -0.15) is 4.98 Å². The molecular formula is C18H16ClN5O2S. The van der Waals surface area contributed by atoms with E-state index in [0.29, 0.717) is 11.0 Å². The Morgan fingerprint density at radius 1 is 1.11 bits per heavy atom. The number of hydrogen-bond donors (Lipinski definition) is 2. The molecule has 7 nitrogen and oxygen atoms in total. The summed E-state index contributed by atoms with van der Waals surface area (Å²) in [7, 11) is -3.48. The molecule has 0 aliphatic carbocycles. The Morgan fingerprint density at radius 2 is 1.81 bits per heavy atom. The van der Waals surface area contributed by atoms with E-state index in [1.54, 1.807) is 4.68 Å². The summed E-state index contributed by atoms with van der Waals surface area (Å²) < 4.78 is 27.0. The maximum absolute atomic E-state index is 11.5. The van der Waals surface area contributed by atoms with Crippen molar-refractivity contribution < 1.29 is 8.42 Å². The number of fused-ring (bicyclic) bond motifs is 1. The van der Waals surface area contributed by atoms with Crippen LogP contribution in [0, 0.1) is 0 Å². The molecule has 1 aliphatic rings. The van der Waals surface area contributed by atoms with Crippen molar-refractivity contribution in [1.29, 1.82) is 0 Å². The summed E-state index contributed by atoms with van der Waals surface area (Å²) >= 11 is 5.99. The molecule has 27 heavy (non-hydrogen) atoms. The second-order valence-electron chi connectivity index (χ2n) is 6.15. The van der Waals surface area contributed by atoms with E-state index < -0.39 is 10.0 Å². The molecule has 3 aromatic rings. The molecule has 0 radical (unpaired) electrons. The molecule has 9 heteroatoms. The highest BCUT2D eigenvalue weighted by atomic mass is 35.5. The van der Waals surface area contributed by atoms with Gasteiger partial charge in [0.25, 0.3) is 5.95 Å². The molecule has 2 N–H and O–H groups in total. The highest BCUT2D eigenvalue weighted by Crippen LogP contribution is 2.33. The van der Waals surface area contributed by atoms with Crippen molar-refractivity contribution in [3.63, 3.8) is 0 Å². The molecule has 0 spiro atoms. The molecule has 0 amide bonds. The number of allylic oxidation sites excluding steroid dienone is 1. The molecule has 0 unspecified atom stereocenters. The Bertz CT molecular complexity index is 1110. The average molecular weight is 402 g/mol. The van der Waals surface area contributed by atoms with Crippen LogP contribution in [-0.2, 0) is 10.0 Å². The quantitative estimate of drug-likeness (QED) is 0.699. The first-order chi connectivity index (χ1) is 12.9. The molecule has 0 bridgehead atoms. The highest BCUT2D eigenvalue weighted by molar-refractivity contribution is 7.91. The Hall–Kier alpha value is -2.84. The van der Waals surface area contributed by atoms with E-state index in [1.807, 2.05) is 60.7 Å². The van der Waals surface area contributed by atoms with E-state index in [9.17, 15) is 8.42 Å². The molecule has 0 saturated carbocycles. The molecule has 1 aromatic heterocycles. The van der Waals surface area contributed by atoms with Gasteiger partial charge in [0, 0.05) is 10.7 Å². The second kappa shape index (κ2) is 6.71. The van der Waals surface area contributed by atoms with Crippen LogP contribution in [-0.4, -0.2) is 29.4 Å². The SMILES string of the molecule is CS(=O)(=O)Nc1nc2n(n1)[C@@H](c1ccccc1)C=C(c1ccc(Cl)cc1)N2. The predicted octanol–water partition coefficient (Wildman–Crippen LogP) is 3.36. The van der Waals surface area contributed by atoms with E-state index in [2.05, 4.69) is 20.1 Å². The summed E-state index contributed by atoms with van der Waals surface area (Å²) in [5.41, 5.74) is 2.78. The van der Waals surface area contributed by atoms with Gasteiger partial charge < -0.3 is 5.32 Å². The van der Waals surface area contributed by atoms with Gasteiger partial charge >= 0.3 is 0 Å². The number of sulfonamides is 1. The highest BCUT2D eigenvalue weighted by Gasteiger charge is 2.25. The van der Waals surface area contributed by atoms with Crippen molar-refractivity contribution in [2.75, 3.05) is 16.3 Å². The van der Waals surface area contributed by atoms with Gasteiger partial charge in [-0.1, -0.05) is 54.1 Å². The maximum atomic E-state index is 11.5. The Balaban J connectivity index is 1.80. The van der Waals surface area contributed by atoms with Crippen LogP contribution in [0.5, 0.6) is 0 Å². The van der Waals surface area contributed by atoms with Crippen LogP contribution in [0.4, 0.5) is 11.9 Å². The fourth-order valence-corrected chi connectivity index (χ4v) is 3.43. The average Bonchev–Trinajstić information content (AvgIpc) is 3.02. The summed E-state index contributed by atoms with van der Waals surface area (Å²) in [5.74, 6) is 0.467. The van der Waals surface area contributed by atoms with Gasteiger partial charge in [0.1, 0.15) is 6.04 Å². The molecule has 138 valence electrons. The lowest BCUT2D eigenvalue weighted by Gasteiger charge is -2.24. The minimum absolute atomic E-state index is 0.0201. The first kappa shape index (κ1) is 17.6. The zero-order chi connectivity index (χ0) is 19.0. The normalized spacial score (nSPS) is 16.2. The largest absolute Gasteiger partial charge is 0.324 e. The van der Waals surface area contributed by atoms with Gasteiger partial charge in [-0.3, -0.25) is 4.72 Å². The lowest BCUT2D eigenvalue weighted by Crippen LogP contribution is -2.20. The van der Waals surface area contributed by atoms with Crippen LogP contribution in [0.3, 0.4) is 0 Å². The van der Waals surface area contributed by atoms with E-state index >= 15 is 0 Å². The predicted molar refractivity (Wildman–Crippen MR) is 106 cm³/mol. The fourth-order valence-electron chi connectivity index (χ4n) is 2.89. The number of aromatic nitrogens is 3. The number of anilines is 2. The van der Waals surface area contributed by atoms with Gasteiger partial charge in [-0.25, -0.2) is 13.1 Å². The topological polar surface area (TPSA) is 88.9 Å². The minimum atomic E-state index is -3.48. The molecule has 1 aliphatic heterocycles. The minimum Gasteiger partial charge on any atom is -0.324 e. The molecule has 4 rings (SSSR count). The summed E-state index contributed by atoms with van der Waals surface area (Å²) in [5, 5.41) is 8.18. The van der Waals surface area contributed by atoms with Gasteiger partial charge in [-0.05, 0) is 29.3 Å². The fraction of sp³-hybridized carbons (Fsp3) is 0.111. The van der Waals surface area contributed by atoms with Crippen molar-refractivity contribution in [3.8, 4) is 0 Å². The third-order valence-electron chi connectivity index (χ3n) is 4.04. The summed E-state index contributed by atoms with van der Waals surface area (Å²) in [6.45, 7) is 0. The Kier molecular flexibility index (Phi) is 4.37. The first-order valence-electron chi connectivity index (χ1n) is 8.13. The van der Waals surface area contributed by atoms with Crippen LogP contribution in [0.25, 0.3) is 5.70 Å². The van der Waals surface area contributed by atoms with E-state index in [-0.39, 0.29) is 12.0 Å². The van der Waals surface area contributed by atoms with Crippen molar-refractivity contribution in [3.05, 3.63) is 76.8 Å². The van der Waals surface area contributed by atoms with Crippen molar-refractivity contribution in [2.45, 2.75) is 6.04 Å². The van der Waals surface area contributed by atoms with Gasteiger partial charge in [-0.15, -0.1) is 5.10 Å². The molecule has 2 heterocycles. The van der Waals surface area contributed by atoms with Crippen LogP contribution < -0.4 is 10.0 Å². The van der Waals surface area contributed by atoms with Gasteiger partial charge in [0.15, 0.2) is 0 Å². The summed E-state index contributed by atoms with van der Waals surface area (Å²) in [6, 6.07) is 17.0. The third kappa shape index (κ3) is 3.81. The molecule has 0 fully saturated rings. The van der Waals surface area contributed by atoms with E-state index in [1.165, 1.54) is 0 Å². The lowest BCUT2D eigenvalue weighted by molar-refractivity contribution is 0.603. The van der Waals surface area contributed by atoms with Gasteiger partial charge in [0.2, 0.25) is 16.0 Å². The number of halogens is 1. The lowest BCUT2D eigenvalue weighted by atomic mass is 10.0. The molecule has 2 aromatic carbocycles. The zero-order valence-electron chi connectivity index (χ0n) is 14.3. The van der Waals surface area contributed by atoms with Crippen LogP contribution >= 0.6 is 11.6 Å². The Morgan fingerprint density at radius 3 is 2.48 bits per heavy atom. The Labute approximate surface area is 161 Å². The second-order valence-corrected chi connectivity index (χ2v) is 8.33. The van der Waals surface area contributed by atoms with Crippen molar-refractivity contribution in [2.24, 2.45) is 0 Å². The number of rotatable bonds is 4.